The molecule has 48 valence electrons. The van der Waals surface area contributed by atoms with E-state index in [-0.39, 0.29) is 0 Å². The van der Waals surface area contributed by atoms with Gasteiger partial charge in [0.25, 0.3) is 0 Å². The average Bonchev–Trinajstić information content (AvgIpc) is 1.66. The van der Waals surface area contributed by atoms with Crippen molar-refractivity contribution in [2.45, 2.75) is 20.3 Å². The van der Waals surface area contributed by atoms with Crippen molar-refractivity contribution in [1.82, 2.24) is 0 Å². The quantitative estimate of drug-likeness (QED) is 0.508. The first-order valence-corrected chi connectivity index (χ1v) is 3.05. The van der Waals surface area contributed by atoms with E-state index in [1.807, 2.05) is 6.92 Å². The van der Waals surface area contributed by atoms with Crippen LogP contribution < -0.4 is 0 Å². The van der Waals surface area contributed by atoms with E-state index in [1.54, 1.807) is 6.61 Å². The second-order valence-corrected chi connectivity index (χ2v) is 1.98. The molecule has 1 unspecified atom stereocenters. The Hall–Kier alpha value is -0.0400. The normalized spacial score (nSPS) is 10.5. The third-order valence-electron chi connectivity index (χ3n) is 0.651. The summed E-state index contributed by atoms with van der Waals surface area (Å²) < 4.78 is 5.06. The summed E-state index contributed by atoms with van der Waals surface area (Å²) in [5.41, 5.74) is 0. The van der Waals surface area contributed by atoms with Gasteiger partial charge < -0.3 is 4.74 Å². The number of hydrogen-bond acceptors (Lipinski definition) is 1. The van der Waals surface area contributed by atoms with Gasteiger partial charge in [0.2, 0.25) is 0 Å². The first kappa shape index (κ1) is 7.96. The summed E-state index contributed by atoms with van der Waals surface area (Å²) in [4.78, 5) is 0. The maximum absolute atomic E-state index is 5.06. The number of ether oxygens (including phenoxy) is 1. The molecule has 0 N–H and O–H groups in total. The van der Waals surface area contributed by atoms with Crippen molar-refractivity contribution in [3.63, 3.8) is 0 Å². The molecule has 0 spiro atoms. The summed E-state index contributed by atoms with van der Waals surface area (Å²) in [6.45, 7) is 10.4. The van der Waals surface area contributed by atoms with E-state index in [1.165, 1.54) is 0 Å². The highest BCUT2D eigenvalue weighted by Crippen LogP contribution is 1.97. The van der Waals surface area contributed by atoms with Gasteiger partial charge in [0.15, 0.2) is 0 Å². The highest BCUT2D eigenvalue weighted by Gasteiger charge is 1.91. The van der Waals surface area contributed by atoms with Crippen LogP contribution in [0.1, 0.15) is 20.3 Å². The molecule has 0 aliphatic heterocycles. The first-order chi connectivity index (χ1) is 3.77. The van der Waals surface area contributed by atoms with Crippen LogP contribution in [0.3, 0.4) is 0 Å². The summed E-state index contributed by atoms with van der Waals surface area (Å²) in [5, 5.41) is 0. The topological polar surface area (TPSA) is 9.23 Å². The molecular weight excluding hydrogens is 100 g/mol. The highest BCUT2D eigenvalue weighted by atomic mass is 16.5. The van der Waals surface area contributed by atoms with Crippen LogP contribution in [-0.4, -0.2) is 6.61 Å². The summed E-state index contributed by atoms with van der Waals surface area (Å²) in [6.07, 6.45) is 1.07. The molecule has 0 heterocycles. The van der Waals surface area contributed by atoms with Crippen LogP contribution in [0.15, 0.2) is 0 Å². The first-order valence-electron chi connectivity index (χ1n) is 3.05. The van der Waals surface area contributed by atoms with Crippen LogP contribution >= 0.6 is 0 Å². The van der Waals surface area contributed by atoms with Gasteiger partial charge in [-0.15, -0.1) is 0 Å². The van der Waals surface area contributed by atoms with Crippen LogP contribution in [0.2, 0.25) is 0 Å². The molecule has 0 aromatic rings. The van der Waals surface area contributed by atoms with Gasteiger partial charge in [-0.05, 0) is 19.3 Å². The van der Waals surface area contributed by atoms with E-state index in [0.717, 1.165) is 13.0 Å². The molecule has 0 aromatic heterocycles. The van der Waals surface area contributed by atoms with Crippen molar-refractivity contribution in [1.29, 1.82) is 0 Å². The molecule has 1 nitrogen and oxygen atoms in total. The van der Waals surface area contributed by atoms with Crippen LogP contribution in [-0.2, 0) is 4.74 Å². The molecular formula is C7H14O. The van der Waals surface area contributed by atoms with Gasteiger partial charge in [0.1, 0.15) is 0 Å². The molecule has 8 heavy (non-hydrogen) atoms. The number of hydrogen-bond donors (Lipinski definition) is 0. The summed E-state index contributed by atoms with van der Waals surface area (Å²) >= 11 is 0. The van der Waals surface area contributed by atoms with Crippen molar-refractivity contribution in [3.05, 3.63) is 13.5 Å². The predicted molar refractivity (Wildman–Crippen MR) is 35.1 cm³/mol. The maximum Gasteiger partial charge on any atom is 0.0864 e. The third-order valence-corrected chi connectivity index (χ3v) is 0.651. The zero-order chi connectivity index (χ0) is 6.41. The van der Waals surface area contributed by atoms with E-state index in [4.69, 9.17) is 4.74 Å². The smallest absolute Gasteiger partial charge is 0.0864 e. The minimum atomic E-state index is 0.307. The molecule has 0 bridgehead atoms. The Morgan fingerprint density at radius 1 is 1.75 bits per heavy atom. The molecule has 1 atom stereocenters. The largest absolute Gasteiger partial charge is 0.375 e. The number of rotatable bonds is 4. The Balaban J connectivity index is 2.72. The predicted octanol–water partition coefficient (Wildman–Crippen LogP) is 2.04. The molecule has 0 amide bonds. The molecule has 0 aliphatic rings. The highest BCUT2D eigenvalue weighted by molar-refractivity contribution is 4.62. The van der Waals surface area contributed by atoms with Gasteiger partial charge in [-0.3, -0.25) is 0 Å². The Kier molecular flexibility index (Phi) is 5.08. The van der Waals surface area contributed by atoms with Gasteiger partial charge in [0.05, 0.1) is 6.61 Å². The molecule has 0 saturated heterocycles. The van der Waals surface area contributed by atoms with Crippen LogP contribution in [0.4, 0.5) is 0 Å². The molecule has 0 saturated carbocycles. The van der Waals surface area contributed by atoms with Gasteiger partial charge in [-0.25, -0.2) is 0 Å². The van der Waals surface area contributed by atoms with E-state index < -0.39 is 0 Å². The molecule has 0 rings (SSSR count). The molecule has 1 heteroatoms. The van der Waals surface area contributed by atoms with E-state index >= 15 is 0 Å². The van der Waals surface area contributed by atoms with Gasteiger partial charge in [-0.2, -0.15) is 0 Å². The molecule has 0 aromatic carbocycles. The van der Waals surface area contributed by atoms with Gasteiger partial charge in [-0.1, -0.05) is 13.8 Å². The summed E-state index contributed by atoms with van der Waals surface area (Å²) in [6, 6.07) is 0. The molecule has 2 radical (unpaired) electrons. The Bertz CT molecular complexity index is 41.7. The zero-order valence-corrected chi connectivity index (χ0v) is 5.68. The third kappa shape index (κ3) is 5.96. The fraction of sp³-hybridized carbons (Fsp3) is 0.714. The van der Waals surface area contributed by atoms with Crippen LogP contribution in [0.5, 0.6) is 0 Å². The summed E-state index contributed by atoms with van der Waals surface area (Å²) in [7, 11) is 0. The Morgan fingerprint density at radius 2 is 2.38 bits per heavy atom. The van der Waals surface area contributed by atoms with Crippen molar-refractivity contribution < 1.29 is 4.74 Å². The van der Waals surface area contributed by atoms with Gasteiger partial charge in [0, 0.05) is 6.61 Å². The standard InChI is InChI=1S/C7H14O/c1-4-5-8-6-7(2)3/h6-7H,2,4-5H2,1,3H3. The van der Waals surface area contributed by atoms with E-state index in [2.05, 4.69) is 13.8 Å². The molecule has 0 fully saturated rings. The zero-order valence-electron chi connectivity index (χ0n) is 5.68. The fourth-order valence-corrected chi connectivity index (χ4v) is 0.350. The van der Waals surface area contributed by atoms with E-state index in [0.29, 0.717) is 5.92 Å². The van der Waals surface area contributed by atoms with Gasteiger partial charge >= 0.3 is 0 Å². The fourth-order valence-electron chi connectivity index (χ4n) is 0.350. The van der Waals surface area contributed by atoms with E-state index in [9.17, 15) is 0 Å². The Morgan fingerprint density at radius 3 is 2.75 bits per heavy atom. The lowest BCUT2D eigenvalue weighted by molar-refractivity contribution is 0.180. The second kappa shape index (κ2) is 5.10. The van der Waals surface area contributed by atoms with Crippen molar-refractivity contribution >= 4 is 0 Å². The molecule has 0 aliphatic carbocycles. The lowest BCUT2D eigenvalue weighted by Gasteiger charge is -2.02. The lowest BCUT2D eigenvalue weighted by Crippen LogP contribution is -1.95. The van der Waals surface area contributed by atoms with Crippen molar-refractivity contribution in [3.8, 4) is 0 Å². The average molecular weight is 114 g/mol. The van der Waals surface area contributed by atoms with Crippen molar-refractivity contribution in [2.75, 3.05) is 6.61 Å². The summed E-state index contributed by atoms with van der Waals surface area (Å²) in [5.74, 6) is 0.307. The van der Waals surface area contributed by atoms with Crippen molar-refractivity contribution in [2.24, 2.45) is 5.92 Å². The minimum Gasteiger partial charge on any atom is -0.375 e. The monoisotopic (exact) mass is 114 g/mol. The Labute approximate surface area is 52.0 Å². The minimum absolute atomic E-state index is 0.307. The lowest BCUT2D eigenvalue weighted by atomic mass is 10.2. The maximum atomic E-state index is 5.06. The van der Waals surface area contributed by atoms with Crippen LogP contribution in [0, 0.1) is 19.4 Å². The van der Waals surface area contributed by atoms with Crippen LogP contribution in [0.25, 0.3) is 0 Å². The second-order valence-electron chi connectivity index (χ2n) is 1.98. The SMILES string of the molecule is [CH2]C(C)[CH]OCCC.